The van der Waals surface area contributed by atoms with Gasteiger partial charge < -0.3 is 10.6 Å². The maximum absolute atomic E-state index is 12.5. The fourth-order valence-corrected chi connectivity index (χ4v) is 4.76. The Balaban J connectivity index is 1.24. The molecule has 7 nitrogen and oxygen atoms in total. The van der Waals surface area contributed by atoms with Crippen molar-refractivity contribution in [2.45, 2.75) is 50.6 Å². The predicted octanol–water partition coefficient (Wildman–Crippen LogP) is 2.56. The van der Waals surface area contributed by atoms with Crippen molar-refractivity contribution in [3.05, 3.63) is 29.3 Å². The number of imide groups is 1. The molecule has 0 unspecified atom stereocenters. The second-order valence-electron chi connectivity index (χ2n) is 7.13. The first-order valence-electron chi connectivity index (χ1n) is 9.33. The molecule has 4 amide bonds. The van der Waals surface area contributed by atoms with E-state index in [0.717, 1.165) is 40.9 Å². The molecule has 2 N–H and O–H groups in total. The maximum atomic E-state index is 12.5. The molecule has 1 aliphatic heterocycles. The smallest absolute Gasteiger partial charge is 0.325 e. The van der Waals surface area contributed by atoms with Gasteiger partial charge in [0.1, 0.15) is 10.5 Å². The zero-order valence-electron chi connectivity index (χ0n) is 15.0. The number of carbonyl (C=O) groups excluding carboxylic acids is 3. The van der Waals surface area contributed by atoms with Gasteiger partial charge in [0.25, 0.3) is 5.91 Å². The highest BCUT2D eigenvalue weighted by molar-refractivity contribution is 7.18. The molecule has 1 aromatic heterocycles. The number of aromatic nitrogens is 1. The summed E-state index contributed by atoms with van der Waals surface area (Å²) in [6.45, 7) is 0.672. The van der Waals surface area contributed by atoms with Crippen molar-refractivity contribution in [1.82, 2.24) is 20.5 Å². The summed E-state index contributed by atoms with van der Waals surface area (Å²) in [7, 11) is 0. The maximum Gasteiger partial charge on any atom is 0.325 e. The monoisotopic (exact) mass is 386 g/mol. The molecule has 2 fully saturated rings. The SMILES string of the molecule is O=C(CCCN1C(=O)NC2(CCCC2)C1=O)NCc1nc2ccccc2s1. The van der Waals surface area contributed by atoms with Crippen LogP contribution >= 0.6 is 11.3 Å². The zero-order chi connectivity index (χ0) is 18.9. The van der Waals surface area contributed by atoms with Gasteiger partial charge in [-0.15, -0.1) is 11.3 Å². The fraction of sp³-hybridized carbons (Fsp3) is 0.474. The summed E-state index contributed by atoms with van der Waals surface area (Å²) in [4.78, 5) is 42.5. The Labute approximate surface area is 161 Å². The van der Waals surface area contributed by atoms with E-state index in [4.69, 9.17) is 0 Å². The fourth-order valence-electron chi connectivity index (χ4n) is 3.85. The minimum atomic E-state index is -0.674. The van der Waals surface area contributed by atoms with Crippen LogP contribution in [0.1, 0.15) is 43.5 Å². The number of amides is 4. The second-order valence-corrected chi connectivity index (χ2v) is 8.25. The van der Waals surface area contributed by atoms with E-state index < -0.39 is 5.54 Å². The van der Waals surface area contributed by atoms with Crippen LogP contribution in [0.5, 0.6) is 0 Å². The number of carbonyl (C=O) groups is 3. The predicted molar refractivity (Wildman–Crippen MR) is 102 cm³/mol. The van der Waals surface area contributed by atoms with E-state index in [1.165, 1.54) is 4.90 Å². The highest BCUT2D eigenvalue weighted by Crippen LogP contribution is 2.35. The average Bonchev–Trinajstić information content (AvgIpc) is 3.34. The number of hydrogen-bond donors (Lipinski definition) is 2. The molecular formula is C19H22N4O3S. The minimum Gasteiger partial charge on any atom is -0.350 e. The molecule has 1 spiro atoms. The number of nitrogens with zero attached hydrogens (tertiary/aromatic N) is 2. The molecule has 1 saturated carbocycles. The van der Waals surface area contributed by atoms with Crippen LogP contribution < -0.4 is 10.6 Å². The number of hydrogen-bond acceptors (Lipinski definition) is 5. The van der Waals surface area contributed by atoms with Crippen LogP contribution in [-0.2, 0) is 16.1 Å². The van der Waals surface area contributed by atoms with Gasteiger partial charge in [0, 0.05) is 13.0 Å². The Morgan fingerprint density at radius 2 is 2.04 bits per heavy atom. The van der Waals surface area contributed by atoms with Crippen LogP contribution in [-0.4, -0.2) is 39.8 Å². The van der Waals surface area contributed by atoms with Gasteiger partial charge in [0.05, 0.1) is 16.8 Å². The highest BCUT2D eigenvalue weighted by Gasteiger charge is 2.51. The highest BCUT2D eigenvalue weighted by atomic mass is 32.1. The van der Waals surface area contributed by atoms with Crippen molar-refractivity contribution in [1.29, 1.82) is 0 Å². The molecule has 142 valence electrons. The van der Waals surface area contributed by atoms with Gasteiger partial charge in [0.2, 0.25) is 5.91 Å². The second kappa shape index (κ2) is 7.26. The van der Waals surface area contributed by atoms with E-state index in [2.05, 4.69) is 15.6 Å². The van der Waals surface area contributed by atoms with E-state index in [-0.39, 0.29) is 30.8 Å². The molecule has 27 heavy (non-hydrogen) atoms. The third-order valence-electron chi connectivity index (χ3n) is 5.26. The Bertz CT molecular complexity index is 855. The van der Waals surface area contributed by atoms with Crippen LogP contribution in [0.15, 0.2) is 24.3 Å². The Morgan fingerprint density at radius 1 is 1.26 bits per heavy atom. The molecule has 0 radical (unpaired) electrons. The molecule has 2 aromatic rings. The largest absolute Gasteiger partial charge is 0.350 e. The molecule has 2 heterocycles. The van der Waals surface area contributed by atoms with Gasteiger partial charge in [-0.1, -0.05) is 25.0 Å². The van der Waals surface area contributed by atoms with E-state index in [9.17, 15) is 14.4 Å². The summed E-state index contributed by atoms with van der Waals surface area (Å²) in [5, 5.41) is 6.58. The molecule has 0 bridgehead atoms. The summed E-state index contributed by atoms with van der Waals surface area (Å²) in [5.74, 6) is -0.225. The summed E-state index contributed by atoms with van der Waals surface area (Å²) < 4.78 is 1.10. The van der Waals surface area contributed by atoms with Crippen LogP contribution in [0.2, 0.25) is 0 Å². The van der Waals surface area contributed by atoms with E-state index in [0.29, 0.717) is 13.0 Å². The van der Waals surface area contributed by atoms with Crippen LogP contribution in [0, 0.1) is 0 Å². The minimum absolute atomic E-state index is 0.100. The average molecular weight is 386 g/mol. The van der Waals surface area contributed by atoms with Crippen LogP contribution in [0.3, 0.4) is 0 Å². The van der Waals surface area contributed by atoms with Crippen molar-refractivity contribution in [3.63, 3.8) is 0 Å². The Hall–Kier alpha value is -2.48. The van der Waals surface area contributed by atoms with E-state index >= 15 is 0 Å². The van der Waals surface area contributed by atoms with Gasteiger partial charge in [-0.3, -0.25) is 14.5 Å². The molecule has 4 rings (SSSR count). The topological polar surface area (TPSA) is 91.4 Å². The molecule has 1 aliphatic carbocycles. The van der Waals surface area contributed by atoms with Gasteiger partial charge in [0.15, 0.2) is 0 Å². The van der Waals surface area contributed by atoms with Gasteiger partial charge in [-0.2, -0.15) is 0 Å². The summed E-state index contributed by atoms with van der Waals surface area (Å²) in [5.41, 5.74) is 0.262. The third-order valence-corrected chi connectivity index (χ3v) is 6.30. The van der Waals surface area contributed by atoms with Crippen molar-refractivity contribution in [2.75, 3.05) is 6.54 Å². The van der Waals surface area contributed by atoms with E-state index in [1.807, 2.05) is 24.3 Å². The van der Waals surface area contributed by atoms with Crippen molar-refractivity contribution < 1.29 is 14.4 Å². The number of nitrogens with one attached hydrogen (secondary N) is 2. The van der Waals surface area contributed by atoms with E-state index in [1.54, 1.807) is 11.3 Å². The van der Waals surface area contributed by atoms with Gasteiger partial charge in [-0.05, 0) is 31.4 Å². The molecule has 0 atom stereocenters. The Morgan fingerprint density at radius 3 is 2.81 bits per heavy atom. The summed E-state index contributed by atoms with van der Waals surface area (Å²) in [6.07, 6.45) is 4.10. The number of rotatable bonds is 6. The number of fused-ring (bicyclic) bond motifs is 1. The van der Waals surface area contributed by atoms with Gasteiger partial charge in [-0.25, -0.2) is 9.78 Å². The zero-order valence-corrected chi connectivity index (χ0v) is 15.8. The van der Waals surface area contributed by atoms with Crippen molar-refractivity contribution in [2.24, 2.45) is 0 Å². The lowest BCUT2D eigenvalue weighted by Gasteiger charge is -2.19. The number of para-hydroxylation sites is 1. The number of thiazole rings is 1. The molecule has 1 aromatic carbocycles. The van der Waals surface area contributed by atoms with Crippen molar-refractivity contribution >= 4 is 39.4 Å². The van der Waals surface area contributed by atoms with Crippen LogP contribution in [0.25, 0.3) is 10.2 Å². The molecular weight excluding hydrogens is 364 g/mol. The molecule has 8 heteroatoms. The normalized spacial score (nSPS) is 18.4. The first-order chi connectivity index (χ1) is 13.1. The summed E-state index contributed by atoms with van der Waals surface area (Å²) >= 11 is 1.56. The number of urea groups is 1. The lowest BCUT2D eigenvalue weighted by Crippen LogP contribution is -2.44. The lowest BCUT2D eigenvalue weighted by molar-refractivity contribution is -0.131. The van der Waals surface area contributed by atoms with Crippen molar-refractivity contribution in [3.8, 4) is 0 Å². The first kappa shape index (κ1) is 17.9. The number of benzene rings is 1. The quantitative estimate of drug-likeness (QED) is 0.747. The lowest BCUT2D eigenvalue weighted by atomic mass is 9.98. The van der Waals surface area contributed by atoms with Crippen LogP contribution in [0.4, 0.5) is 4.79 Å². The molecule has 1 saturated heterocycles. The first-order valence-corrected chi connectivity index (χ1v) is 10.1. The van der Waals surface area contributed by atoms with Gasteiger partial charge >= 0.3 is 6.03 Å². The third kappa shape index (κ3) is 3.53. The molecule has 2 aliphatic rings. The Kier molecular flexibility index (Phi) is 4.82. The standard InChI is InChI=1S/C19H22N4O3S/c24-15(20-12-16-21-13-6-1-2-7-14(13)27-16)8-5-11-23-17(25)19(22-18(23)26)9-3-4-10-19/h1-2,6-7H,3-5,8-12H2,(H,20,24)(H,22,26). The summed E-state index contributed by atoms with van der Waals surface area (Å²) in [6, 6.07) is 7.54.